The van der Waals surface area contributed by atoms with Gasteiger partial charge in [-0.05, 0) is 20.3 Å². The van der Waals surface area contributed by atoms with Gasteiger partial charge in [0.2, 0.25) is 0 Å². The van der Waals surface area contributed by atoms with Crippen LogP contribution in [0.25, 0.3) is 0 Å². The van der Waals surface area contributed by atoms with Crippen LogP contribution in [-0.2, 0) is 9.47 Å². The van der Waals surface area contributed by atoms with Gasteiger partial charge in [0.15, 0.2) is 0 Å². The van der Waals surface area contributed by atoms with Crippen LogP contribution in [0.3, 0.4) is 0 Å². The molecule has 0 bridgehead atoms. The van der Waals surface area contributed by atoms with Crippen molar-refractivity contribution < 1.29 is 9.47 Å². The van der Waals surface area contributed by atoms with Gasteiger partial charge in [-0.1, -0.05) is 0 Å². The van der Waals surface area contributed by atoms with Crippen LogP contribution in [0.5, 0.6) is 0 Å². The molecule has 2 atom stereocenters. The van der Waals surface area contributed by atoms with E-state index < -0.39 is 0 Å². The van der Waals surface area contributed by atoms with E-state index in [1.807, 2.05) is 0 Å². The van der Waals surface area contributed by atoms with Crippen molar-refractivity contribution in [2.24, 2.45) is 0 Å². The third kappa shape index (κ3) is 4.07. The van der Waals surface area contributed by atoms with Crippen molar-refractivity contribution in [3.63, 3.8) is 0 Å². The first-order chi connectivity index (χ1) is 6.22. The standard InChI is InChI=1S/C10H21NO2/c1-9-7-11(5-4-6-12-3)8-10(2)13-9/h9-10H,4-8H2,1-3H3. The van der Waals surface area contributed by atoms with Gasteiger partial charge in [-0.25, -0.2) is 0 Å². The highest BCUT2D eigenvalue weighted by atomic mass is 16.5. The molecule has 0 amide bonds. The normalized spacial score (nSPS) is 30.7. The molecule has 0 aromatic heterocycles. The molecule has 0 spiro atoms. The highest BCUT2D eigenvalue weighted by molar-refractivity contribution is 4.72. The van der Waals surface area contributed by atoms with E-state index in [4.69, 9.17) is 9.47 Å². The van der Waals surface area contributed by atoms with Gasteiger partial charge < -0.3 is 9.47 Å². The molecule has 1 rings (SSSR count). The first-order valence-electron chi connectivity index (χ1n) is 5.09. The first kappa shape index (κ1) is 11.0. The first-order valence-corrected chi connectivity index (χ1v) is 5.09. The summed E-state index contributed by atoms with van der Waals surface area (Å²) < 4.78 is 10.7. The average molecular weight is 187 g/mol. The summed E-state index contributed by atoms with van der Waals surface area (Å²) in [7, 11) is 1.75. The van der Waals surface area contributed by atoms with Gasteiger partial charge in [0.1, 0.15) is 0 Å². The third-order valence-corrected chi connectivity index (χ3v) is 2.32. The highest BCUT2D eigenvalue weighted by Crippen LogP contribution is 2.10. The SMILES string of the molecule is COCCCN1CC(C)OC(C)C1. The number of nitrogens with zero attached hydrogens (tertiary/aromatic N) is 1. The van der Waals surface area contributed by atoms with Gasteiger partial charge in [0, 0.05) is 33.4 Å². The van der Waals surface area contributed by atoms with Crippen LogP contribution >= 0.6 is 0 Å². The zero-order chi connectivity index (χ0) is 9.68. The summed E-state index contributed by atoms with van der Waals surface area (Å²) in [5.41, 5.74) is 0. The van der Waals surface area contributed by atoms with Crippen LogP contribution in [0.1, 0.15) is 20.3 Å². The van der Waals surface area contributed by atoms with E-state index in [-0.39, 0.29) is 0 Å². The minimum Gasteiger partial charge on any atom is -0.385 e. The van der Waals surface area contributed by atoms with Crippen LogP contribution < -0.4 is 0 Å². The Morgan fingerprint density at radius 2 is 1.92 bits per heavy atom. The van der Waals surface area contributed by atoms with E-state index in [9.17, 15) is 0 Å². The minimum absolute atomic E-state index is 0.381. The predicted molar refractivity (Wildman–Crippen MR) is 52.9 cm³/mol. The van der Waals surface area contributed by atoms with E-state index in [0.29, 0.717) is 12.2 Å². The van der Waals surface area contributed by atoms with E-state index in [0.717, 1.165) is 32.7 Å². The molecule has 0 saturated carbocycles. The predicted octanol–water partition coefficient (Wildman–Crippen LogP) is 1.13. The Morgan fingerprint density at radius 1 is 1.31 bits per heavy atom. The van der Waals surface area contributed by atoms with Crippen LogP contribution in [0.4, 0.5) is 0 Å². The van der Waals surface area contributed by atoms with Crippen molar-refractivity contribution in [2.75, 3.05) is 33.4 Å². The van der Waals surface area contributed by atoms with Gasteiger partial charge in [0.05, 0.1) is 12.2 Å². The van der Waals surface area contributed by atoms with Crippen LogP contribution in [0.15, 0.2) is 0 Å². The Morgan fingerprint density at radius 3 is 2.46 bits per heavy atom. The summed E-state index contributed by atoms with van der Waals surface area (Å²) >= 11 is 0. The number of ether oxygens (including phenoxy) is 2. The summed E-state index contributed by atoms with van der Waals surface area (Å²) in [4.78, 5) is 2.46. The quantitative estimate of drug-likeness (QED) is 0.616. The lowest BCUT2D eigenvalue weighted by Gasteiger charge is -2.35. The van der Waals surface area contributed by atoms with E-state index in [1.54, 1.807) is 7.11 Å². The Kier molecular flexibility index (Phi) is 4.70. The van der Waals surface area contributed by atoms with E-state index in [1.165, 1.54) is 0 Å². The van der Waals surface area contributed by atoms with Gasteiger partial charge in [-0.3, -0.25) is 4.90 Å². The van der Waals surface area contributed by atoms with Crippen LogP contribution in [0, 0.1) is 0 Å². The van der Waals surface area contributed by atoms with E-state index >= 15 is 0 Å². The zero-order valence-electron chi connectivity index (χ0n) is 8.95. The summed E-state index contributed by atoms with van der Waals surface area (Å²) in [5.74, 6) is 0. The van der Waals surface area contributed by atoms with Gasteiger partial charge in [-0.15, -0.1) is 0 Å². The molecule has 2 unspecified atom stereocenters. The van der Waals surface area contributed by atoms with Crippen molar-refractivity contribution in [2.45, 2.75) is 32.5 Å². The molecule has 1 aliphatic heterocycles. The molecule has 0 aromatic carbocycles. The number of hydrogen-bond acceptors (Lipinski definition) is 3. The van der Waals surface area contributed by atoms with Crippen LogP contribution in [-0.4, -0.2) is 50.5 Å². The van der Waals surface area contributed by atoms with Gasteiger partial charge >= 0.3 is 0 Å². The fraction of sp³-hybridized carbons (Fsp3) is 1.00. The van der Waals surface area contributed by atoms with E-state index in [2.05, 4.69) is 18.7 Å². The van der Waals surface area contributed by atoms with Gasteiger partial charge in [0.25, 0.3) is 0 Å². The molecule has 3 nitrogen and oxygen atoms in total. The number of methoxy groups -OCH3 is 1. The van der Waals surface area contributed by atoms with Crippen molar-refractivity contribution in [3.05, 3.63) is 0 Å². The smallest absolute Gasteiger partial charge is 0.0678 e. The second kappa shape index (κ2) is 5.58. The highest BCUT2D eigenvalue weighted by Gasteiger charge is 2.21. The Balaban J connectivity index is 2.17. The zero-order valence-corrected chi connectivity index (χ0v) is 8.95. The molecular weight excluding hydrogens is 166 g/mol. The molecule has 3 heteroatoms. The molecular formula is C10H21NO2. The summed E-state index contributed by atoms with van der Waals surface area (Å²) in [6.07, 6.45) is 1.88. The molecule has 1 heterocycles. The fourth-order valence-corrected chi connectivity index (χ4v) is 1.90. The van der Waals surface area contributed by atoms with Gasteiger partial charge in [-0.2, -0.15) is 0 Å². The van der Waals surface area contributed by atoms with Crippen molar-refractivity contribution in [3.8, 4) is 0 Å². The largest absolute Gasteiger partial charge is 0.385 e. The number of rotatable bonds is 4. The average Bonchev–Trinajstić information content (AvgIpc) is 2.03. The molecule has 0 aromatic rings. The van der Waals surface area contributed by atoms with Crippen molar-refractivity contribution in [1.29, 1.82) is 0 Å². The molecule has 1 saturated heterocycles. The van der Waals surface area contributed by atoms with Crippen molar-refractivity contribution >= 4 is 0 Å². The maximum atomic E-state index is 5.65. The van der Waals surface area contributed by atoms with Crippen molar-refractivity contribution in [1.82, 2.24) is 4.90 Å². The molecule has 0 radical (unpaired) electrons. The minimum atomic E-state index is 0.381. The number of morpholine rings is 1. The lowest BCUT2D eigenvalue weighted by molar-refractivity contribution is -0.0690. The molecule has 13 heavy (non-hydrogen) atoms. The lowest BCUT2D eigenvalue weighted by atomic mass is 10.2. The fourth-order valence-electron chi connectivity index (χ4n) is 1.90. The third-order valence-electron chi connectivity index (χ3n) is 2.32. The topological polar surface area (TPSA) is 21.7 Å². The molecule has 0 aliphatic carbocycles. The summed E-state index contributed by atoms with van der Waals surface area (Å²) in [6.45, 7) is 8.39. The second-order valence-electron chi connectivity index (χ2n) is 3.86. The Hall–Kier alpha value is -0.120. The monoisotopic (exact) mass is 187 g/mol. The maximum Gasteiger partial charge on any atom is 0.0678 e. The molecule has 78 valence electrons. The molecule has 1 fully saturated rings. The number of hydrogen-bond donors (Lipinski definition) is 0. The summed E-state index contributed by atoms with van der Waals surface area (Å²) in [6, 6.07) is 0. The van der Waals surface area contributed by atoms with Crippen LogP contribution in [0.2, 0.25) is 0 Å². The maximum absolute atomic E-state index is 5.65. The Labute approximate surface area is 81.0 Å². The lowest BCUT2D eigenvalue weighted by Crippen LogP contribution is -2.45. The second-order valence-corrected chi connectivity index (χ2v) is 3.86. The Bertz CT molecular complexity index is 131. The summed E-state index contributed by atoms with van der Waals surface area (Å²) in [5, 5.41) is 0. The molecule has 0 N–H and O–H groups in total. The molecule has 1 aliphatic rings.